The van der Waals surface area contributed by atoms with Crippen molar-refractivity contribution in [3.63, 3.8) is 0 Å². The lowest BCUT2D eigenvalue weighted by Crippen LogP contribution is -2.23. The molecule has 4 aromatic rings. The molecule has 0 aliphatic heterocycles. The number of para-hydroxylation sites is 1. The predicted molar refractivity (Wildman–Crippen MR) is 113 cm³/mol. The van der Waals surface area contributed by atoms with Crippen LogP contribution in [0, 0.1) is 0 Å². The van der Waals surface area contributed by atoms with Crippen molar-refractivity contribution in [2.45, 2.75) is 31.8 Å². The third kappa shape index (κ3) is 3.90. The van der Waals surface area contributed by atoms with E-state index in [-0.39, 0.29) is 5.91 Å². The molecule has 5 rings (SSSR count). The normalized spacial score (nSPS) is 13.5. The van der Waals surface area contributed by atoms with Gasteiger partial charge in [0, 0.05) is 42.5 Å². The number of hydrogen-bond donors (Lipinski definition) is 1. The van der Waals surface area contributed by atoms with Crippen LogP contribution in [0.4, 0.5) is 0 Å². The van der Waals surface area contributed by atoms with Crippen molar-refractivity contribution in [3.8, 4) is 0 Å². The molecule has 29 heavy (non-hydrogen) atoms. The number of nitrogens with one attached hydrogen (secondary N) is 1. The number of imidazole rings is 1. The van der Waals surface area contributed by atoms with Gasteiger partial charge in [0.25, 0.3) is 5.91 Å². The summed E-state index contributed by atoms with van der Waals surface area (Å²) in [4.78, 5) is 21.8. The molecule has 5 heteroatoms. The summed E-state index contributed by atoms with van der Waals surface area (Å²) in [5.41, 5.74) is 4.93. The van der Waals surface area contributed by atoms with E-state index >= 15 is 0 Å². The van der Waals surface area contributed by atoms with E-state index in [0.717, 1.165) is 41.5 Å². The molecule has 1 saturated carbocycles. The molecule has 0 spiro atoms. The van der Waals surface area contributed by atoms with Crippen LogP contribution in [0.2, 0.25) is 0 Å². The smallest absolute Gasteiger partial charge is 0.252 e. The standard InChI is InChI=1S/C24H22N4O/c29-24(21-13-23(19-9-10-19)27-22-4-2-1-3-20(21)22)26-14-17-5-7-18(8-6-17)15-28-12-11-25-16-28/h1-8,11-13,16,19H,9-10,14-15H2,(H,26,29). The maximum Gasteiger partial charge on any atom is 0.252 e. The van der Waals surface area contributed by atoms with Crippen LogP contribution >= 0.6 is 0 Å². The van der Waals surface area contributed by atoms with Crippen LogP contribution in [0.1, 0.15) is 45.9 Å². The highest BCUT2D eigenvalue weighted by Crippen LogP contribution is 2.40. The zero-order chi connectivity index (χ0) is 19.6. The van der Waals surface area contributed by atoms with Gasteiger partial charge in [-0.05, 0) is 36.1 Å². The third-order valence-electron chi connectivity index (χ3n) is 5.38. The first-order valence-corrected chi connectivity index (χ1v) is 9.98. The molecule has 1 fully saturated rings. The number of aromatic nitrogens is 3. The van der Waals surface area contributed by atoms with Crippen molar-refractivity contribution in [3.05, 3.63) is 95.7 Å². The zero-order valence-corrected chi connectivity index (χ0v) is 16.1. The number of nitrogens with zero attached hydrogens (tertiary/aromatic N) is 3. The average molecular weight is 382 g/mol. The molecule has 1 aliphatic rings. The molecular weight excluding hydrogens is 360 g/mol. The summed E-state index contributed by atoms with van der Waals surface area (Å²) in [6, 6.07) is 18.2. The van der Waals surface area contributed by atoms with Crippen LogP contribution in [0.15, 0.2) is 73.3 Å². The van der Waals surface area contributed by atoms with E-state index in [9.17, 15) is 4.79 Å². The quantitative estimate of drug-likeness (QED) is 0.541. The Kier molecular flexibility index (Phi) is 4.56. The Hall–Kier alpha value is -3.47. The van der Waals surface area contributed by atoms with Crippen molar-refractivity contribution in [1.29, 1.82) is 0 Å². The van der Waals surface area contributed by atoms with E-state index in [1.165, 1.54) is 5.56 Å². The van der Waals surface area contributed by atoms with Gasteiger partial charge in [-0.1, -0.05) is 42.5 Å². The molecule has 144 valence electrons. The van der Waals surface area contributed by atoms with Crippen LogP contribution in [-0.2, 0) is 13.1 Å². The maximum absolute atomic E-state index is 13.0. The van der Waals surface area contributed by atoms with Crippen LogP contribution in [0.3, 0.4) is 0 Å². The molecule has 5 nitrogen and oxygen atoms in total. The molecule has 0 radical (unpaired) electrons. The van der Waals surface area contributed by atoms with Gasteiger partial charge < -0.3 is 9.88 Å². The SMILES string of the molecule is O=C(NCc1ccc(Cn2ccnc2)cc1)c1cc(C2CC2)nc2ccccc12. The Balaban J connectivity index is 1.30. The lowest BCUT2D eigenvalue weighted by atomic mass is 10.0. The number of benzene rings is 2. The van der Waals surface area contributed by atoms with Gasteiger partial charge in [-0.15, -0.1) is 0 Å². The van der Waals surface area contributed by atoms with Crippen molar-refractivity contribution in [1.82, 2.24) is 19.9 Å². The number of carbonyl (C=O) groups is 1. The summed E-state index contributed by atoms with van der Waals surface area (Å²) in [6.45, 7) is 1.29. The molecule has 0 unspecified atom stereocenters. The molecule has 1 N–H and O–H groups in total. The summed E-state index contributed by atoms with van der Waals surface area (Å²) >= 11 is 0. The number of fused-ring (bicyclic) bond motifs is 1. The highest BCUT2D eigenvalue weighted by molar-refractivity contribution is 6.06. The zero-order valence-electron chi connectivity index (χ0n) is 16.1. The molecule has 2 aromatic heterocycles. The fraction of sp³-hybridized carbons (Fsp3) is 0.208. The highest BCUT2D eigenvalue weighted by atomic mass is 16.1. The number of carbonyl (C=O) groups excluding carboxylic acids is 1. The van der Waals surface area contributed by atoms with Crippen LogP contribution in [-0.4, -0.2) is 20.4 Å². The molecule has 0 saturated heterocycles. The maximum atomic E-state index is 13.0. The second-order valence-electron chi connectivity index (χ2n) is 7.62. The third-order valence-corrected chi connectivity index (χ3v) is 5.38. The van der Waals surface area contributed by atoms with E-state index in [4.69, 9.17) is 4.98 Å². The van der Waals surface area contributed by atoms with Crippen molar-refractivity contribution in [2.24, 2.45) is 0 Å². The minimum Gasteiger partial charge on any atom is -0.348 e. The Bertz CT molecular complexity index is 1150. The first-order chi connectivity index (χ1) is 14.3. The van der Waals surface area contributed by atoms with Crippen LogP contribution in [0.25, 0.3) is 10.9 Å². The van der Waals surface area contributed by atoms with Crippen molar-refractivity contribution < 1.29 is 4.79 Å². The van der Waals surface area contributed by atoms with Gasteiger partial charge in [0.1, 0.15) is 0 Å². The summed E-state index contributed by atoms with van der Waals surface area (Å²) < 4.78 is 2.03. The lowest BCUT2D eigenvalue weighted by molar-refractivity contribution is 0.0952. The lowest BCUT2D eigenvalue weighted by Gasteiger charge is -2.11. The van der Waals surface area contributed by atoms with E-state index in [2.05, 4.69) is 34.6 Å². The second kappa shape index (κ2) is 7.51. The Morgan fingerprint density at radius 3 is 2.62 bits per heavy atom. The summed E-state index contributed by atoms with van der Waals surface area (Å²) in [6.07, 6.45) is 7.86. The van der Waals surface area contributed by atoms with Crippen molar-refractivity contribution in [2.75, 3.05) is 0 Å². The van der Waals surface area contributed by atoms with Gasteiger partial charge in [0.2, 0.25) is 0 Å². The second-order valence-corrected chi connectivity index (χ2v) is 7.62. The minimum absolute atomic E-state index is 0.0482. The molecular formula is C24H22N4O. The first-order valence-electron chi connectivity index (χ1n) is 9.98. The number of pyridine rings is 1. The van der Waals surface area contributed by atoms with E-state index in [1.807, 2.05) is 47.4 Å². The Labute approximate surface area is 169 Å². The molecule has 1 amide bonds. The Morgan fingerprint density at radius 2 is 1.86 bits per heavy atom. The Morgan fingerprint density at radius 1 is 1.07 bits per heavy atom. The van der Waals surface area contributed by atoms with Crippen LogP contribution in [0.5, 0.6) is 0 Å². The van der Waals surface area contributed by atoms with Gasteiger partial charge >= 0.3 is 0 Å². The predicted octanol–water partition coefficient (Wildman–Crippen LogP) is 4.29. The fourth-order valence-corrected chi connectivity index (χ4v) is 3.60. The molecule has 2 aromatic carbocycles. The van der Waals surface area contributed by atoms with Gasteiger partial charge in [0.05, 0.1) is 17.4 Å². The number of amides is 1. The van der Waals surface area contributed by atoms with Crippen LogP contribution < -0.4 is 5.32 Å². The highest BCUT2D eigenvalue weighted by Gasteiger charge is 2.26. The van der Waals surface area contributed by atoms with E-state index < -0.39 is 0 Å². The topological polar surface area (TPSA) is 59.8 Å². The summed E-state index contributed by atoms with van der Waals surface area (Å²) in [5.74, 6) is 0.460. The van der Waals surface area contributed by atoms with E-state index in [0.29, 0.717) is 18.0 Å². The molecule has 1 aliphatic carbocycles. The number of rotatable bonds is 6. The minimum atomic E-state index is -0.0482. The summed E-state index contributed by atoms with van der Waals surface area (Å²) in [5, 5.41) is 3.98. The molecule has 2 heterocycles. The first kappa shape index (κ1) is 17.6. The van der Waals surface area contributed by atoms with E-state index in [1.54, 1.807) is 6.20 Å². The van der Waals surface area contributed by atoms with Gasteiger partial charge in [-0.2, -0.15) is 0 Å². The van der Waals surface area contributed by atoms with Gasteiger partial charge in [-0.25, -0.2) is 4.98 Å². The molecule has 0 atom stereocenters. The largest absolute Gasteiger partial charge is 0.348 e. The summed E-state index contributed by atoms with van der Waals surface area (Å²) in [7, 11) is 0. The monoisotopic (exact) mass is 382 g/mol. The van der Waals surface area contributed by atoms with Crippen molar-refractivity contribution >= 4 is 16.8 Å². The fourth-order valence-electron chi connectivity index (χ4n) is 3.60. The van der Waals surface area contributed by atoms with Gasteiger partial charge in [-0.3, -0.25) is 9.78 Å². The van der Waals surface area contributed by atoms with Gasteiger partial charge in [0.15, 0.2) is 0 Å². The average Bonchev–Trinajstić information content (AvgIpc) is 3.49. The molecule has 0 bridgehead atoms. The number of hydrogen-bond acceptors (Lipinski definition) is 3.